The van der Waals surface area contributed by atoms with E-state index in [2.05, 4.69) is 5.32 Å². The zero-order chi connectivity index (χ0) is 28.1. The van der Waals surface area contributed by atoms with Gasteiger partial charge in [-0.2, -0.15) is 0 Å². The van der Waals surface area contributed by atoms with Crippen molar-refractivity contribution in [2.24, 2.45) is 0 Å². The average Bonchev–Trinajstić information content (AvgIpc) is 2.85. The van der Waals surface area contributed by atoms with E-state index in [1.165, 1.54) is 17.0 Å². The van der Waals surface area contributed by atoms with E-state index in [9.17, 15) is 18.0 Å². The molecule has 1 unspecified atom stereocenters. The molecule has 0 spiro atoms. The summed E-state index contributed by atoms with van der Waals surface area (Å²) in [7, 11) is -4.09. The van der Waals surface area contributed by atoms with Gasteiger partial charge in [0.05, 0.1) is 10.6 Å². The number of hydrogen-bond donors (Lipinski definition) is 1. The topological polar surface area (TPSA) is 86.8 Å². The summed E-state index contributed by atoms with van der Waals surface area (Å²) in [4.78, 5) is 28.4. The number of sulfonamides is 1. The van der Waals surface area contributed by atoms with E-state index in [4.69, 9.17) is 11.6 Å². The first-order valence-corrected chi connectivity index (χ1v) is 14.1. The van der Waals surface area contributed by atoms with Crippen LogP contribution in [-0.4, -0.2) is 43.3 Å². The number of para-hydroxylation sites is 1. The maximum absolute atomic E-state index is 13.9. The summed E-state index contributed by atoms with van der Waals surface area (Å²) in [6.07, 6.45) is 0. The van der Waals surface area contributed by atoms with E-state index in [0.29, 0.717) is 16.3 Å². The summed E-state index contributed by atoms with van der Waals surface area (Å²) in [6, 6.07) is 21.1. The largest absolute Gasteiger partial charge is 0.350 e. The van der Waals surface area contributed by atoms with E-state index in [0.717, 1.165) is 9.87 Å². The number of amides is 2. The third-order valence-electron chi connectivity index (χ3n) is 5.84. The molecule has 2 amide bonds. The predicted molar refractivity (Wildman–Crippen MR) is 152 cm³/mol. The molecule has 0 radical (unpaired) electrons. The second-order valence-electron chi connectivity index (χ2n) is 10.2. The highest BCUT2D eigenvalue weighted by molar-refractivity contribution is 7.92. The Kier molecular flexibility index (Phi) is 9.22. The zero-order valence-corrected chi connectivity index (χ0v) is 23.9. The van der Waals surface area contributed by atoms with Crippen molar-refractivity contribution in [2.45, 2.75) is 57.6 Å². The van der Waals surface area contributed by atoms with Crippen molar-refractivity contribution >= 4 is 39.1 Å². The molecule has 3 rings (SSSR count). The van der Waals surface area contributed by atoms with Gasteiger partial charge in [0.2, 0.25) is 11.8 Å². The van der Waals surface area contributed by atoms with Gasteiger partial charge in [-0.05, 0) is 76.6 Å². The van der Waals surface area contributed by atoms with Crippen LogP contribution in [0.1, 0.15) is 38.8 Å². The lowest BCUT2D eigenvalue weighted by Crippen LogP contribution is -2.54. The molecule has 0 saturated heterocycles. The first-order valence-electron chi connectivity index (χ1n) is 12.3. The van der Waals surface area contributed by atoms with Crippen LogP contribution in [-0.2, 0) is 26.2 Å². The molecule has 7 nitrogen and oxygen atoms in total. The molecule has 3 aromatic rings. The average molecular weight is 556 g/mol. The normalized spacial score (nSPS) is 12.5. The minimum atomic E-state index is -4.09. The van der Waals surface area contributed by atoms with Crippen LogP contribution in [0.2, 0.25) is 5.02 Å². The fraction of sp³-hybridized carbons (Fsp3) is 0.310. The van der Waals surface area contributed by atoms with Crippen LogP contribution in [0.15, 0.2) is 83.8 Å². The number of aryl methyl sites for hydroxylation is 1. The van der Waals surface area contributed by atoms with Crippen LogP contribution in [0.5, 0.6) is 0 Å². The summed E-state index contributed by atoms with van der Waals surface area (Å²) in [6.45, 7) is 8.64. The summed E-state index contributed by atoms with van der Waals surface area (Å²) in [5.74, 6) is -0.874. The van der Waals surface area contributed by atoms with Crippen molar-refractivity contribution in [1.82, 2.24) is 10.2 Å². The van der Waals surface area contributed by atoms with E-state index in [-0.39, 0.29) is 17.3 Å². The molecule has 0 aromatic heterocycles. The molecular weight excluding hydrogens is 522 g/mol. The van der Waals surface area contributed by atoms with E-state index >= 15 is 0 Å². The van der Waals surface area contributed by atoms with Crippen LogP contribution < -0.4 is 9.62 Å². The third kappa shape index (κ3) is 7.58. The maximum Gasteiger partial charge on any atom is 0.264 e. The number of nitrogens with zero attached hydrogens (tertiary/aromatic N) is 2. The Labute approximate surface area is 230 Å². The van der Waals surface area contributed by atoms with E-state index in [1.54, 1.807) is 73.7 Å². The Morgan fingerprint density at radius 3 is 2.16 bits per heavy atom. The Morgan fingerprint density at radius 1 is 0.947 bits per heavy atom. The van der Waals surface area contributed by atoms with Gasteiger partial charge in [-0.3, -0.25) is 13.9 Å². The van der Waals surface area contributed by atoms with Crippen LogP contribution in [0, 0.1) is 6.92 Å². The molecule has 0 aliphatic heterocycles. The molecule has 0 bridgehead atoms. The fourth-order valence-corrected chi connectivity index (χ4v) is 5.48. The molecule has 3 aromatic carbocycles. The lowest BCUT2D eigenvalue weighted by Gasteiger charge is -2.33. The van der Waals surface area contributed by atoms with Crippen molar-refractivity contribution in [1.29, 1.82) is 0 Å². The van der Waals surface area contributed by atoms with Crippen molar-refractivity contribution in [3.05, 3.63) is 95.0 Å². The van der Waals surface area contributed by atoms with Crippen LogP contribution in [0.4, 0.5) is 5.69 Å². The number of rotatable bonds is 9. The second-order valence-corrected chi connectivity index (χ2v) is 12.5. The maximum atomic E-state index is 13.9. The number of benzene rings is 3. The molecule has 202 valence electrons. The molecule has 0 aliphatic rings. The standard InChI is InChI=1S/C29H34ClN3O4S/c1-21-14-16-26(17-15-21)38(36,37)33(25-12-7-6-8-13-25)20-27(34)32(19-23-10-9-11-24(30)18-23)22(2)28(35)31-29(3,4)5/h6-18,22H,19-20H2,1-5H3,(H,31,35). The highest BCUT2D eigenvalue weighted by Gasteiger charge is 2.33. The Balaban J connectivity index is 2.01. The summed E-state index contributed by atoms with van der Waals surface area (Å²) in [5, 5.41) is 3.40. The number of halogens is 1. The van der Waals surface area contributed by atoms with Gasteiger partial charge in [-0.1, -0.05) is 59.6 Å². The van der Waals surface area contributed by atoms with E-state index < -0.39 is 34.1 Å². The van der Waals surface area contributed by atoms with Crippen molar-refractivity contribution in [3.8, 4) is 0 Å². The number of nitrogens with one attached hydrogen (secondary N) is 1. The summed E-state index contributed by atoms with van der Waals surface area (Å²) >= 11 is 6.17. The molecule has 0 fully saturated rings. The van der Waals surface area contributed by atoms with Crippen LogP contribution in [0.25, 0.3) is 0 Å². The second kappa shape index (κ2) is 12.0. The lowest BCUT2D eigenvalue weighted by molar-refractivity contribution is -0.140. The van der Waals surface area contributed by atoms with Gasteiger partial charge in [-0.15, -0.1) is 0 Å². The number of carbonyl (C=O) groups is 2. The zero-order valence-electron chi connectivity index (χ0n) is 22.3. The highest BCUT2D eigenvalue weighted by atomic mass is 35.5. The van der Waals surface area contributed by atoms with Gasteiger partial charge < -0.3 is 10.2 Å². The number of carbonyl (C=O) groups excluding carboxylic acids is 2. The van der Waals surface area contributed by atoms with Gasteiger partial charge in [0.15, 0.2) is 0 Å². The number of hydrogen-bond acceptors (Lipinski definition) is 4. The fourth-order valence-electron chi connectivity index (χ4n) is 3.85. The van der Waals surface area contributed by atoms with Crippen molar-refractivity contribution in [3.63, 3.8) is 0 Å². The monoisotopic (exact) mass is 555 g/mol. The molecule has 0 aliphatic carbocycles. The smallest absolute Gasteiger partial charge is 0.264 e. The summed E-state index contributed by atoms with van der Waals surface area (Å²) in [5.41, 5.74) is 1.46. The van der Waals surface area contributed by atoms with E-state index in [1.807, 2.05) is 27.7 Å². The van der Waals surface area contributed by atoms with Gasteiger partial charge in [0.25, 0.3) is 10.0 Å². The Bertz CT molecular complexity index is 1370. The molecule has 9 heteroatoms. The first-order chi connectivity index (χ1) is 17.8. The van der Waals surface area contributed by atoms with Crippen LogP contribution in [0.3, 0.4) is 0 Å². The minimum Gasteiger partial charge on any atom is -0.350 e. The van der Waals surface area contributed by atoms with Gasteiger partial charge >= 0.3 is 0 Å². The van der Waals surface area contributed by atoms with Crippen LogP contribution >= 0.6 is 11.6 Å². The summed E-state index contributed by atoms with van der Waals surface area (Å²) < 4.78 is 28.6. The van der Waals surface area contributed by atoms with Gasteiger partial charge in [0, 0.05) is 17.1 Å². The number of anilines is 1. The lowest BCUT2D eigenvalue weighted by atomic mass is 10.1. The first kappa shape index (κ1) is 29.2. The van der Waals surface area contributed by atoms with Gasteiger partial charge in [0.1, 0.15) is 12.6 Å². The highest BCUT2D eigenvalue weighted by Crippen LogP contribution is 2.25. The molecule has 0 saturated carbocycles. The minimum absolute atomic E-state index is 0.0691. The molecular formula is C29H34ClN3O4S. The SMILES string of the molecule is Cc1ccc(S(=O)(=O)N(CC(=O)N(Cc2cccc(Cl)c2)C(C)C(=O)NC(C)(C)C)c2ccccc2)cc1. The molecule has 1 atom stereocenters. The van der Waals surface area contributed by atoms with Crippen molar-refractivity contribution in [2.75, 3.05) is 10.8 Å². The predicted octanol–water partition coefficient (Wildman–Crippen LogP) is 5.18. The molecule has 0 heterocycles. The molecule has 1 N–H and O–H groups in total. The molecule has 38 heavy (non-hydrogen) atoms. The Morgan fingerprint density at radius 2 is 1.58 bits per heavy atom. The van der Waals surface area contributed by atoms with Crippen molar-refractivity contribution < 1.29 is 18.0 Å². The Hall–Kier alpha value is -3.36. The third-order valence-corrected chi connectivity index (χ3v) is 7.86. The quantitative estimate of drug-likeness (QED) is 0.394. The van der Waals surface area contributed by atoms with Gasteiger partial charge in [-0.25, -0.2) is 8.42 Å².